The second kappa shape index (κ2) is 10.9. The molecule has 2 N–H and O–H groups in total. The molecule has 0 amide bonds. The summed E-state index contributed by atoms with van der Waals surface area (Å²) in [6, 6.07) is 24.9. The molecule has 8 heteroatoms. The van der Waals surface area contributed by atoms with Gasteiger partial charge in [-0.25, -0.2) is 4.79 Å². The summed E-state index contributed by atoms with van der Waals surface area (Å²) in [6.07, 6.45) is 0.963. The fourth-order valence-corrected chi connectivity index (χ4v) is 5.46. The Labute approximate surface area is 226 Å². The molecule has 0 radical (unpaired) electrons. The van der Waals surface area contributed by atoms with Crippen molar-refractivity contribution in [1.29, 1.82) is 0 Å². The number of rotatable bonds is 8. The van der Waals surface area contributed by atoms with Gasteiger partial charge in [0.1, 0.15) is 17.1 Å². The van der Waals surface area contributed by atoms with Crippen LogP contribution in [0.4, 0.5) is 0 Å². The fourth-order valence-electron chi connectivity index (χ4n) is 5.46. The maximum atomic E-state index is 12.6. The van der Waals surface area contributed by atoms with Crippen LogP contribution in [0, 0.1) is 6.92 Å². The van der Waals surface area contributed by atoms with E-state index in [0.29, 0.717) is 18.4 Å². The van der Waals surface area contributed by atoms with E-state index in [9.17, 15) is 14.7 Å². The lowest BCUT2D eigenvalue weighted by molar-refractivity contribution is -0.0484. The largest absolute Gasteiger partial charge is 0.497 e. The first-order valence-corrected chi connectivity index (χ1v) is 12.9. The number of methoxy groups -OCH3 is 2. The smallest absolute Gasteiger partial charge is 0.328 e. The average Bonchev–Trinajstić information content (AvgIpc) is 3.33. The molecule has 8 nitrogen and oxygen atoms in total. The van der Waals surface area contributed by atoms with E-state index in [1.54, 1.807) is 21.1 Å². The normalized spacial score (nSPS) is 19.1. The Morgan fingerprint density at radius 3 is 1.90 bits per heavy atom. The van der Waals surface area contributed by atoms with E-state index in [0.717, 1.165) is 28.2 Å². The Morgan fingerprint density at radius 2 is 1.36 bits per heavy atom. The summed E-state index contributed by atoms with van der Waals surface area (Å²) in [5.41, 5.74) is 1.07. The first-order chi connectivity index (χ1) is 18.8. The molecule has 0 bridgehead atoms. The van der Waals surface area contributed by atoms with Gasteiger partial charge in [0.15, 0.2) is 0 Å². The predicted molar refractivity (Wildman–Crippen MR) is 148 cm³/mol. The van der Waals surface area contributed by atoms with E-state index in [1.165, 1.54) is 10.8 Å². The number of benzene rings is 3. The van der Waals surface area contributed by atoms with Gasteiger partial charge in [0.2, 0.25) is 0 Å². The van der Waals surface area contributed by atoms with Crippen molar-refractivity contribution in [2.75, 3.05) is 14.2 Å². The highest BCUT2D eigenvalue weighted by molar-refractivity contribution is 5.49. The van der Waals surface area contributed by atoms with Gasteiger partial charge in [-0.3, -0.25) is 14.3 Å². The van der Waals surface area contributed by atoms with Gasteiger partial charge >= 0.3 is 5.69 Å². The highest BCUT2D eigenvalue weighted by Gasteiger charge is 2.44. The summed E-state index contributed by atoms with van der Waals surface area (Å²) in [7, 11) is 3.25. The number of hydrogen-bond donors (Lipinski definition) is 2. The standard InChI is InChI=1S/C31H32N2O6/c1-20-19-33(30(36)32-29(20)35)27-17-26(18-28(27)34)39-31(21-7-5-4-6-8-21,22-9-13-24(37-2)14-10-22)23-11-15-25(38-3)16-12-23/h4-16,19,26-28,34H,17-18H2,1-3H3,(H,32,35,36)/t26-,27+,28+/m0/s1. The van der Waals surface area contributed by atoms with Crippen LogP contribution in [-0.4, -0.2) is 41.1 Å². The zero-order chi connectivity index (χ0) is 27.6. The summed E-state index contributed by atoms with van der Waals surface area (Å²) in [5.74, 6) is 1.44. The molecule has 202 valence electrons. The summed E-state index contributed by atoms with van der Waals surface area (Å²) in [5, 5.41) is 11.1. The highest BCUT2D eigenvalue weighted by Crippen LogP contribution is 2.45. The van der Waals surface area contributed by atoms with Crippen LogP contribution >= 0.6 is 0 Å². The Balaban J connectivity index is 1.62. The number of aromatic amines is 1. The Kier molecular flexibility index (Phi) is 7.41. The number of aryl methyl sites for hydroxylation is 1. The van der Waals surface area contributed by atoms with Crippen molar-refractivity contribution in [3.8, 4) is 11.5 Å². The van der Waals surface area contributed by atoms with E-state index in [2.05, 4.69) is 4.98 Å². The molecular formula is C31H32N2O6. The second-order valence-electron chi connectivity index (χ2n) is 9.83. The molecule has 3 aromatic carbocycles. The summed E-state index contributed by atoms with van der Waals surface area (Å²) >= 11 is 0. The SMILES string of the molecule is COc1ccc(C(O[C@@H]2C[C@@H](O)[C@H](n3cc(C)c(=O)[nH]c3=O)C2)(c2ccccc2)c2ccc(OC)cc2)cc1. The van der Waals surface area contributed by atoms with Gasteiger partial charge < -0.3 is 19.3 Å². The van der Waals surface area contributed by atoms with Crippen molar-refractivity contribution < 1.29 is 19.3 Å². The molecule has 0 saturated heterocycles. The molecule has 1 heterocycles. The molecule has 1 aliphatic carbocycles. The lowest BCUT2D eigenvalue weighted by atomic mass is 9.79. The second-order valence-corrected chi connectivity index (χ2v) is 9.83. The van der Waals surface area contributed by atoms with Gasteiger partial charge in [0.25, 0.3) is 5.56 Å². The van der Waals surface area contributed by atoms with Crippen molar-refractivity contribution in [2.24, 2.45) is 0 Å². The summed E-state index contributed by atoms with van der Waals surface area (Å²) in [4.78, 5) is 26.9. The minimum absolute atomic E-state index is 0.316. The number of aliphatic hydroxyl groups excluding tert-OH is 1. The minimum Gasteiger partial charge on any atom is -0.497 e. The first-order valence-electron chi connectivity index (χ1n) is 12.9. The number of nitrogens with zero attached hydrogens (tertiary/aromatic N) is 1. The van der Waals surface area contributed by atoms with Gasteiger partial charge in [-0.1, -0.05) is 54.6 Å². The van der Waals surface area contributed by atoms with E-state index in [4.69, 9.17) is 14.2 Å². The molecule has 3 atom stereocenters. The monoisotopic (exact) mass is 528 g/mol. The molecule has 4 aromatic rings. The lowest BCUT2D eigenvalue weighted by Crippen LogP contribution is -2.37. The molecule has 0 unspecified atom stereocenters. The maximum absolute atomic E-state index is 12.6. The summed E-state index contributed by atoms with van der Waals surface area (Å²) < 4.78 is 19.3. The van der Waals surface area contributed by atoms with E-state index >= 15 is 0 Å². The molecule has 39 heavy (non-hydrogen) atoms. The van der Waals surface area contributed by atoms with Gasteiger partial charge in [-0.05, 0) is 54.3 Å². The van der Waals surface area contributed by atoms with Crippen LogP contribution in [0.1, 0.15) is 41.1 Å². The number of aromatic nitrogens is 2. The topological polar surface area (TPSA) is 103 Å². The van der Waals surface area contributed by atoms with Gasteiger partial charge in [0.05, 0.1) is 32.5 Å². The zero-order valence-corrected chi connectivity index (χ0v) is 22.2. The van der Waals surface area contributed by atoms with Crippen molar-refractivity contribution in [3.63, 3.8) is 0 Å². The number of nitrogens with one attached hydrogen (secondary N) is 1. The number of ether oxygens (including phenoxy) is 3. The first kappa shape index (κ1) is 26.5. The van der Waals surface area contributed by atoms with Crippen molar-refractivity contribution in [3.05, 3.63) is 128 Å². The van der Waals surface area contributed by atoms with E-state index in [-0.39, 0.29) is 0 Å². The van der Waals surface area contributed by atoms with E-state index in [1.807, 2.05) is 78.9 Å². The van der Waals surface area contributed by atoms with Crippen molar-refractivity contribution in [2.45, 2.75) is 43.6 Å². The minimum atomic E-state index is -1.04. The lowest BCUT2D eigenvalue weighted by Gasteiger charge is -2.38. The van der Waals surface area contributed by atoms with Crippen LogP contribution in [0.2, 0.25) is 0 Å². The Morgan fingerprint density at radius 1 is 0.821 bits per heavy atom. The summed E-state index contributed by atoms with van der Waals surface area (Å²) in [6.45, 7) is 1.64. The quantitative estimate of drug-likeness (QED) is 0.336. The number of hydrogen-bond acceptors (Lipinski definition) is 6. The van der Waals surface area contributed by atoms with Gasteiger partial charge in [-0.15, -0.1) is 0 Å². The van der Waals surface area contributed by atoms with Crippen LogP contribution in [0.3, 0.4) is 0 Å². The van der Waals surface area contributed by atoms with Crippen LogP contribution in [0.25, 0.3) is 0 Å². The van der Waals surface area contributed by atoms with Crippen LogP contribution in [0.5, 0.6) is 11.5 Å². The molecule has 0 aliphatic heterocycles. The predicted octanol–water partition coefficient (Wildman–Crippen LogP) is 3.94. The van der Waals surface area contributed by atoms with Crippen LogP contribution < -0.4 is 20.7 Å². The van der Waals surface area contributed by atoms with Crippen LogP contribution in [-0.2, 0) is 10.3 Å². The Bertz CT molecular complexity index is 1480. The third-order valence-electron chi connectivity index (χ3n) is 7.47. The molecule has 5 rings (SSSR count). The molecule has 1 saturated carbocycles. The third-order valence-corrected chi connectivity index (χ3v) is 7.47. The van der Waals surface area contributed by atoms with Gasteiger partial charge in [0, 0.05) is 18.2 Å². The third kappa shape index (κ3) is 5.01. The molecular weight excluding hydrogens is 496 g/mol. The average molecular weight is 529 g/mol. The van der Waals surface area contributed by atoms with E-state index < -0.39 is 35.1 Å². The highest BCUT2D eigenvalue weighted by atomic mass is 16.5. The van der Waals surface area contributed by atoms with Crippen molar-refractivity contribution in [1.82, 2.24) is 9.55 Å². The Hall–Kier alpha value is -4.14. The molecule has 0 spiro atoms. The van der Waals surface area contributed by atoms with Crippen molar-refractivity contribution >= 4 is 0 Å². The molecule has 1 fully saturated rings. The maximum Gasteiger partial charge on any atom is 0.328 e. The zero-order valence-electron chi connectivity index (χ0n) is 22.2. The number of aliphatic hydroxyl groups is 1. The van der Waals surface area contributed by atoms with Gasteiger partial charge in [-0.2, -0.15) is 0 Å². The van der Waals surface area contributed by atoms with Crippen LogP contribution in [0.15, 0.2) is 94.6 Å². The molecule has 1 aromatic heterocycles. The molecule has 1 aliphatic rings. The number of H-pyrrole nitrogens is 1. The fraction of sp³-hybridized carbons (Fsp3) is 0.290.